The highest BCUT2D eigenvalue weighted by Gasteiger charge is 2.49. The molecular weight excluding hydrogens is 314 g/mol. The smallest absolute Gasteiger partial charge is 0.258 e. The Bertz CT molecular complexity index is 532. The molecule has 2 atom stereocenters. The van der Waals surface area contributed by atoms with E-state index >= 15 is 0 Å². The van der Waals surface area contributed by atoms with Crippen LogP contribution in [-0.2, 0) is 14.3 Å². The second kappa shape index (κ2) is 7.55. The number of β-lactam (4-membered cyclic amide) rings is 1. The third-order valence-corrected chi connectivity index (χ3v) is 5.91. The molecule has 6 heteroatoms. The summed E-state index contributed by atoms with van der Waals surface area (Å²) < 4.78 is 15.7. The summed E-state index contributed by atoms with van der Waals surface area (Å²) in [5, 5.41) is 0.742. The lowest BCUT2D eigenvalue weighted by atomic mass is 9.98. The molecule has 1 saturated heterocycles. The van der Waals surface area contributed by atoms with Gasteiger partial charge in [0.05, 0.1) is 13.2 Å². The fraction of sp³-hybridized carbons (Fsp3) is 0.588. The number of ether oxygens (including phenoxy) is 3. The molecule has 126 valence electrons. The number of benzene rings is 1. The zero-order chi connectivity index (χ0) is 16.2. The summed E-state index contributed by atoms with van der Waals surface area (Å²) in [5.74, 6) is 1.69. The number of anilines is 1. The molecule has 0 radical (unpaired) electrons. The van der Waals surface area contributed by atoms with Gasteiger partial charge in [-0.3, -0.25) is 4.79 Å². The van der Waals surface area contributed by atoms with Crippen molar-refractivity contribution in [1.82, 2.24) is 0 Å². The van der Waals surface area contributed by atoms with Crippen LogP contribution in [0.2, 0.25) is 0 Å². The summed E-state index contributed by atoms with van der Waals surface area (Å²) in [5.41, 5.74) is 0.896. The number of methoxy groups -OCH3 is 2. The van der Waals surface area contributed by atoms with E-state index in [2.05, 4.69) is 0 Å². The second-order valence-corrected chi connectivity index (χ2v) is 7.19. The van der Waals surface area contributed by atoms with Crippen LogP contribution < -0.4 is 9.64 Å². The number of nitrogens with zero attached hydrogens (tertiary/aromatic N) is 1. The van der Waals surface area contributed by atoms with Gasteiger partial charge in [0.25, 0.3) is 5.91 Å². The first-order valence-corrected chi connectivity index (χ1v) is 8.98. The number of hydrogen-bond donors (Lipinski definition) is 0. The van der Waals surface area contributed by atoms with E-state index in [0.29, 0.717) is 0 Å². The molecule has 0 N–H and O–H groups in total. The fourth-order valence-electron chi connectivity index (χ4n) is 2.84. The van der Waals surface area contributed by atoms with Crippen molar-refractivity contribution >= 4 is 23.4 Å². The highest BCUT2D eigenvalue weighted by atomic mass is 32.2. The van der Waals surface area contributed by atoms with Crippen molar-refractivity contribution in [3.05, 3.63) is 24.3 Å². The van der Waals surface area contributed by atoms with Gasteiger partial charge in [0, 0.05) is 23.8 Å². The number of amides is 1. The predicted molar refractivity (Wildman–Crippen MR) is 91.1 cm³/mol. The van der Waals surface area contributed by atoms with Crippen LogP contribution in [0.4, 0.5) is 5.69 Å². The monoisotopic (exact) mass is 337 g/mol. The number of hydrogen-bond acceptors (Lipinski definition) is 5. The molecule has 2 fully saturated rings. The molecule has 0 aromatic heterocycles. The lowest BCUT2D eigenvalue weighted by Crippen LogP contribution is -2.67. The first-order valence-electron chi connectivity index (χ1n) is 7.94. The van der Waals surface area contributed by atoms with Crippen LogP contribution in [0, 0.1) is 0 Å². The quantitative estimate of drug-likeness (QED) is 0.539. The Kier molecular flexibility index (Phi) is 5.46. The maximum absolute atomic E-state index is 12.5. The van der Waals surface area contributed by atoms with E-state index in [4.69, 9.17) is 14.2 Å². The maximum Gasteiger partial charge on any atom is 0.258 e. The first kappa shape index (κ1) is 16.6. The Balaban J connectivity index is 1.68. The third-order valence-electron chi connectivity index (χ3n) is 4.43. The Morgan fingerprint density at radius 2 is 1.96 bits per heavy atom. The van der Waals surface area contributed by atoms with E-state index in [9.17, 15) is 4.79 Å². The van der Waals surface area contributed by atoms with Crippen LogP contribution in [0.5, 0.6) is 5.75 Å². The molecular formula is C17H23NO4S. The average molecular weight is 337 g/mol. The topological polar surface area (TPSA) is 48.0 Å². The molecule has 1 unspecified atom stereocenters. The Morgan fingerprint density at radius 3 is 2.52 bits per heavy atom. The summed E-state index contributed by atoms with van der Waals surface area (Å²) in [7, 11) is 3.21. The minimum Gasteiger partial charge on any atom is -0.497 e. The van der Waals surface area contributed by atoms with Crippen LogP contribution in [0.1, 0.15) is 19.3 Å². The molecule has 1 aliphatic carbocycles. The van der Waals surface area contributed by atoms with Gasteiger partial charge in [-0.05, 0) is 37.1 Å². The Morgan fingerprint density at radius 1 is 1.22 bits per heavy atom. The summed E-state index contributed by atoms with van der Waals surface area (Å²) in [4.78, 5) is 14.3. The van der Waals surface area contributed by atoms with E-state index in [-0.39, 0.29) is 18.7 Å². The summed E-state index contributed by atoms with van der Waals surface area (Å²) in [6.07, 6.45) is 3.51. The van der Waals surface area contributed by atoms with Gasteiger partial charge < -0.3 is 19.1 Å². The van der Waals surface area contributed by atoms with Crippen molar-refractivity contribution in [2.24, 2.45) is 0 Å². The van der Waals surface area contributed by atoms with Crippen LogP contribution in [0.15, 0.2) is 24.3 Å². The van der Waals surface area contributed by atoms with E-state index < -0.39 is 6.10 Å². The molecule has 1 amide bonds. The SMILES string of the molecule is COCO[C@H]1C(=O)N(c2ccc(OC)cc2)C1CSC1CCC1. The van der Waals surface area contributed by atoms with Gasteiger partial charge in [-0.15, -0.1) is 0 Å². The van der Waals surface area contributed by atoms with Crippen LogP contribution in [0.25, 0.3) is 0 Å². The number of rotatable bonds is 8. The highest BCUT2D eigenvalue weighted by Crippen LogP contribution is 2.37. The molecule has 3 rings (SSSR count). The molecule has 0 bridgehead atoms. The highest BCUT2D eigenvalue weighted by molar-refractivity contribution is 8.00. The second-order valence-electron chi connectivity index (χ2n) is 5.85. The molecule has 0 spiro atoms. The first-order chi connectivity index (χ1) is 11.2. The lowest BCUT2D eigenvalue weighted by Gasteiger charge is -2.47. The van der Waals surface area contributed by atoms with Crippen LogP contribution >= 0.6 is 11.8 Å². The van der Waals surface area contributed by atoms with Gasteiger partial charge in [-0.2, -0.15) is 11.8 Å². The van der Waals surface area contributed by atoms with Crippen LogP contribution in [0.3, 0.4) is 0 Å². The standard InChI is InChI=1S/C17H23NO4S/c1-20-11-22-16-15(10-23-14-4-3-5-14)18(17(16)19)12-6-8-13(21-2)9-7-12/h6-9,14-16H,3-5,10-11H2,1-2H3/t15?,16-/m1/s1. The van der Waals surface area contributed by atoms with Crippen LogP contribution in [-0.4, -0.2) is 50.1 Å². The van der Waals surface area contributed by atoms with Crippen molar-refractivity contribution in [1.29, 1.82) is 0 Å². The summed E-state index contributed by atoms with van der Waals surface area (Å²) >= 11 is 1.95. The number of carbonyl (C=O) groups is 1. The minimum atomic E-state index is -0.398. The van der Waals surface area contributed by atoms with Gasteiger partial charge in [0.1, 0.15) is 12.5 Å². The van der Waals surface area contributed by atoms with Gasteiger partial charge >= 0.3 is 0 Å². The van der Waals surface area contributed by atoms with E-state index in [1.165, 1.54) is 19.3 Å². The molecule has 1 saturated carbocycles. The average Bonchev–Trinajstić information content (AvgIpc) is 2.53. The van der Waals surface area contributed by atoms with Gasteiger partial charge in [-0.1, -0.05) is 6.42 Å². The van der Waals surface area contributed by atoms with E-state index in [0.717, 1.165) is 22.4 Å². The van der Waals surface area contributed by atoms with Gasteiger partial charge in [-0.25, -0.2) is 0 Å². The maximum atomic E-state index is 12.5. The van der Waals surface area contributed by atoms with Crippen molar-refractivity contribution in [2.45, 2.75) is 36.7 Å². The van der Waals surface area contributed by atoms with Gasteiger partial charge in [0.2, 0.25) is 0 Å². The van der Waals surface area contributed by atoms with Crippen molar-refractivity contribution in [3.8, 4) is 5.75 Å². The fourth-order valence-corrected chi connectivity index (χ4v) is 4.30. The molecule has 2 aliphatic rings. The molecule has 5 nitrogen and oxygen atoms in total. The van der Waals surface area contributed by atoms with Gasteiger partial charge in [0.15, 0.2) is 6.10 Å². The van der Waals surface area contributed by atoms with E-state index in [1.54, 1.807) is 14.2 Å². The summed E-state index contributed by atoms with van der Waals surface area (Å²) in [6, 6.07) is 7.66. The third kappa shape index (κ3) is 3.49. The number of thioether (sulfide) groups is 1. The molecule has 1 heterocycles. The Hall–Kier alpha value is -1.24. The lowest BCUT2D eigenvalue weighted by molar-refractivity contribution is -0.152. The Labute approximate surface area is 141 Å². The molecule has 1 aromatic carbocycles. The molecule has 1 aromatic rings. The molecule has 23 heavy (non-hydrogen) atoms. The molecule has 1 aliphatic heterocycles. The number of carbonyl (C=O) groups excluding carboxylic acids is 1. The van der Waals surface area contributed by atoms with Crippen molar-refractivity contribution in [3.63, 3.8) is 0 Å². The van der Waals surface area contributed by atoms with Crippen molar-refractivity contribution < 1.29 is 19.0 Å². The zero-order valence-electron chi connectivity index (χ0n) is 13.6. The van der Waals surface area contributed by atoms with E-state index in [1.807, 2.05) is 40.9 Å². The summed E-state index contributed by atoms with van der Waals surface area (Å²) in [6.45, 7) is 0.150. The predicted octanol–water partition coefficient (Wildman–Crippen LogP) is 2.69. The normalized spacial score (nSPS) is 24.3. The largest absolute Gasteiger partial charge is 0.497 e. The minimum absolute atomic E-state index is 0.00595. The zero-order valence-corrected chi connectivity index (χ0v) is 14.4. The van der Waals surface area contributed by atoms with Crippen molar-refractivity contribution in [2.75, 3.05) is 31.7 Å².